The third-order valence-electron chi connectivity index (χ3n) is 3.62. The Balaban J connectivity index is 2.70. The Hall–Kier alpha value is -1.94. The van der Waals surface area contributed by atoms with Crippen molar-refractivity contribution in [3.8, 4) is 11.4 Å². The lowest BCUT2D eigenvalue weighted by Gasteiger charge is -2.14. The van der Waals surface area contributed by atoms with Gasteiger partial charge in [0.25, 0.3) is 0 Å². The number of anilines is 1. The van der Waals surface area contributed by atoms with Gasteiger partial charge in [0.1, 0.15) is 5.82 Å². The van der Waals surface area contributed by atoms with Crippen molar-refractivity contribution >= 4 is 5.82 Å². The van der Waals surface area contributed by atoms with E-state index in [2.05, 4.69) is 50.2 Å². The Bertz CT molecular complexity index is 599. The highest BCUT2D eigenvalue weighted by molar-refractivity contribution is 5.67. The maximum atomic E-state index is 5.58. The molecule has 2 aromatic rings. The van der Waals surface area contributed by atoms with Crippen LogP contribution in [0.5, 0.6) is 0 Å². The van der Waals surface area contributed by atoms with Crippen molar-refractivity contribution in [2.24, 2.45) is 5.84 Å². The molecule has 0 radical (unpaired) electrons. The van der Waals surface area contributed by atoms with Crippen molar-refractivity contribution in [3.63, 3.8) is 0 Å². The van der Waals surface area contributed by atoms with Crippen LogP contribution in [0.4, 0.5) is 5.82 Å². The minimum absolute atomic E-state index is 0.700. The van der Waals surface area contributed by atoms with Crippen LogP contribution in [0.3, 0.4) is 0 Å². The quantitative estimate of drug-likeness (QED) is 0.664. The van der Waals surface area contributed by atoms with Gasteiger partial charge >= 0.3 is 0 Å². The van der Waals surface area contributed by atoms with Crippen molar-refractivity contribution in [2.45, 2.75) is 41.0 Å². The molecular weight excluding hydrogens is 248 g/mol. The second-order valence-electron chi connectivity index (χ2n) is 5.24. The summed E-state index contributed by atoms with van der Waals surface area (Å²) in [5.41, 5.74) is 9.46. The maximum Gasteiger partial charge on any atom is 0.162 e. The SMILES string of the molecule is CCc1nc(-c2c(C)cc(C)cc2C)nc(NN)c1C. The predicted octanol–water partition coefficient (Wildman–Crippen LogP) is 3.23. The molecule has 3 N–H and O–H groups in total. The fourth-order valence-electron chi connectivity index (χ4n) is 2.69. The highest BCUT2D eigenvalue weighted by atomic mass is 15.3. The lowest BCUT2D eigenvalue weighted by molar-refractivity contribution is 0.970. The van der Waals surface area contributed by atoms with Crippen LogP contribution in [0.1, 0.15) is 34.9 Å². The zero-order valence-corrected chi connectivity index (χ0v) is 12.8. The summed E-state index contributed by atoms with van der Waals surface area (Å²) in [4.78, 5) is 9.29. The lowest BCUT2D eigenvalue weighted by Crippen LogP contribution is -2.13. The second kappa shape index (κ2) is 5.59. The monoisotopic (exact) mass is 270 g/mol. The van der Waals surface area contributed by atoms with Crippen molar-refractivity contribution in [1.82, 2.24) is 9.97 Å². The zero-order chi connectivity index (χ0) is 14.9. The molecule has 0 spiro atoms. The van der Waals surface area contributed by atoms with E-state index in [4.69, 9.17) is 10.8 Å². The number of aromatic nitrogens is 2. The van der Waals surface area contributed by atoms with Crippen molar-refractivity contribution < 1.29 is 0 Å². The summed E-state index contributed by atoms with van der Waals surface area (Å²) in [6, 6.07) is 4.32. The van der Waals surface area contributed by atoms with Crippen molar-refractivity contribution in [3.05, 3.63) is 40.1 Å². The van der Waals surface area contributed by atoms with Gasteiger partial charge in [-0.2, -0.15) is 0 Å². The highest BCUT2D eigenvalue weighted by Crippen LogP contribution is 2.28. The summed E-state index contributed by atoms with van der Waals surface area (Å²) in [6.07, 6.45) is 0.861. The van der Waals surface area contributed by atoms with E-state index in [1.807, 2.05) is 6.92 Å². The molecule has 0 aliphatic carbocycles. The number of rotatable bonds is 3. The van der Waals surface area contributed by atoms with E-state index in [1.54, 1.807) is 0 Å². The summed E-state index contributed by atoms with van der Waals surface area (Å²) < 4.78 is 0. The smallest absolute Gasteiger partial charge is 0.162 e. The first-order valence-corrected chi connectivity index (χ1v) is 6.90. The van der Waals surface area contributed by atoms with E-state index < -0.39 is 0 Å². The van der Waals surface area contributed by atoms with Gasteiger partial charge in [-0.3, -0.25) is 0 Å². The molecule has 0 saturated heterocycles. The van der Waals surface area contributed by atoms with Gasteiger partial charge in [0.05, 0.1) is 0 Å². The van der Waals surface area contributed by atoms with E-state index in [-0.39, 0.29) is 0 Å². The minimum atomic E-state index is 0.700. The molecule has 4 heteroatoms. The van der Waals surface area contributed by atoms with E-state index in [9.17, 15) is 0 Å². The number of aryl methyl sites for hydroxylation is 4. The van der Waals surface area contributed by atoms with Crippen LogP contribution in [-0.2, 0) is 6.42 Å². The zero-order valence-electron chi connectivity index (χ0n) is 12.8. The fraction of sp³-hybridized carbons (Fsp3) is 0.375. The van der Waals surface area contributed by atoms with Gasteiger partial charge in [-0.05, 0) is 45.2 Å². The number of nitrogens with one attached hydrogen (secondary N) is 1. The number of hydrogen-bond donors (Lipinski definition) is 2. The topological polar surface area (TPSA) is 63.8 Å². The molecule has 0 unspecified atom stereocenters. The van der Waals surface area contributed by atoms with Crippen LogP contribution in [0.25, 0.3) is 11.4 Å². The van der Waals surface area contributed by atoms with Gasteiger partial charge in [-0.1, -0.05) is 24.6 Å². The first-order chi connectivity index (χ1) is 9.47. The number of hydrazine groups is 1. The van der Waals surface area contributed by atoms with E-state index in [0.717, 1.165) is 29.1 Å². The average molecular weight is 270 g/mol. The van der Waals surface area contributed by atoms with E-state index >= 15 is 0 Å². The van der Waals surface area contributed by atoms with Crippen LogP contribution in [-0.4, -0.2) is 9.97 Å². The molecule has 1 aromatic heterocycles. The standard InChI is InChI=1S/C16H22N4/c1-6-13-12(5)15(20-17)19-16(18-13)14-10(3)7-9(2)8-11(14)4/h7-8H,6,17H2,1-5H3,(H,18,19,20). The van der Waals surface area contributed by atoms with Gasteiger partial charge in [0.15, 0.2) is 5.82 Å². The molecule has 0 aliphatic rings. The second-order valence-corrected chi connectivity index (χ2v) is 5.24. The van der Waals surface area contributed by atoms with Crippen LogP contribution in [0.2, 0.25) is 0 Å². The van der Waals surface area contributed by atoms with Gasteiger partial charge in [0, 0.05) is 16.8 Å². The third-order valence-corrected chi connectivity index (χ3v) is 3.62. The van der Waals surface area contributed by atoms with Crippen LogP contribution >= 0.6 is 0 Å². The van der Waals surface area contributed by atoms with Gasteiger partial charge in [-0.15, -0.1) is 0 Å². The molecule has 4 nitrogen and oxygen atoms in total. The van der Waals surface area contributed by atoms with Gasteiger partial charge < -0.3 is 5.43 Å². The van der Waals surface area contributed by atoms with Gasteiger partial charge in [0.2, 0.25) is 0 Å². The number of nitrogen functional groups attached to an aromatic ring is 1. The number of nitrogens with zero attached hydrogens (tertiary/aromatic N) is 2. The molecular formula is C16H22N4. The predicted molar refractivity (Wildman–Crippen MR) is 83.6 cm³/mol. The molecule has 0 aliphatic heterocycles. The molecule has 0 fully saturated rings. The Morgan fingerprint density at radius 1 is 1.05 bits per heavy atom. The first-order valence-electron chi connectivity index (χ1n) is 6.90. The van der Waals surface area contributed by atoms with Crippen LogP contribution in [0.15, 0.2) is 12.1 Å². The largest absolute Gasteiger partial charge is 0.308 e. The Kier molecular flexibility index (Phi) is 4.04. The Morgan fingerprint density at radius 3 is 2.15 bits per heavy atom. The summed E-state index contributed by atoms with van der Waals surface area (Å²) in [6.45, 7) is 10.4. The molecule has 0 amide bonds. The summed E-state index contributed by atoms with van der Waals surface area (Å²) in [5, 5.41) is 0. The molecule has 2 rings (SSSR count). The highest BCUT2D eigenvalue weighted by Gasteiger charge is 2.14. The number of benzene rings is 1. The number of nitrogens with two attached hydrogens (primary N) is 1. The van der Waals surface area contributed by atoms with E-state index in [0.29, 0.717) is 5.82 Å². The Morgan fingerprint density at radius 2 is 1.65 bits per heavy atom. The summed E-state index contributed by atoms with van der Waals surface area (Å²) in [7, 11) is 0. The van der Waals surface area contributed by atoms with Crippen molar-refractivity contribution in [2.75, 3.05) is 5.43 Å². The Labute approximate surface area is 120 Å². The van der Waals surface area contributed by atoms with Crippen LogP contribution in [0, 0.1) is 27.7 Å². The molecule has 0 atom stereocenters. The summed E-state index contributed by atoms with van der Waals surface area (Å²) in [5.74, 6) is 7.03. The average Bonchev–Trinajstić information content (AvgIpc) is 2.39. The molecule has 1 aromatic carbocycles. The summed E-state index contributed by atoms with van der Waals surface area (Å²) >= 11 is 0. The first kappa shape index (κ1) is 14.5. The maximum absolute atomic E-state index is 5.58. The van der Waals surface area contributed by atoms with Crippen molar-refractivity contribution in [1.29, 1.82) is 0 Å². The fourth-order valence-corrected chi connectivity index (χ4v) is 2.69. The van der Waals surface area contributed by atoms with Gasteiger partial charge in [-0.25, -0.2) is 15.8 Å². The molecule has 0 bridgehead atoms. The minimum Gasteiger partial charge on any atom is -0.308 e. The van der Waals surface area contributed by atoms with Crippen LogP contribution < -0.4 is 11.3 Å². The molecule has 20 heavy (non-hydrogen) atoms. The third kappa shape index (κ3) is 2.51. The molecule has 0 saturated carbocycles. The normalized spacial score (nSPS) is 10.7. The lowest BCUT2D eigenvalue weighted by atomic mass is 9.99. The molecule has 1 heterocycles. The van der Waals surface area contributed by atoms with E-state index in [1.165, 1.54) is 16.7 Å². The number of hydrogen-bond acceptors (Lipinski definition) is 4. The molecule has 106 valence electrons.